The standard InChI is InChI=1S/C14H19N5O2/c1-2-19-13-11(7-16-19)15-9-18(14(13)21)8-12(20)17-10-5-3-4-6-10/h7,9-10H,2-6,8H2,1H3,(H,17,20). The van der Waals surface area contributed by atoms with E-state index in [1.165, 1.54) is 10.9 Å². The third-order valence-electron chi connectivity index (χ3n) is 3.95. The van der Waals surface area contributed by atoms with Gasteiger partial charge < -0.3 is 5.32 Å². The van der Waals surface area contributed by atoms with Gasteiger partial charge in [0, 0.05) is 12.6 Å². The van der Waals surface area contributed by atoms with Gasteiger partial charge in [0.2, 0.25) is 5.91 Å². The van der Waals surface area contributed by atoms with Gasteiger partial charge in [-0.2, -0.15) is 5.10 Å². The first-order chi connectivity index (χ1) is 10.2. The van der Waals surface area contributed by atoms with Crippen LogP contribution in [0.4, 0.5) is 0 Å². The highest BCUT2D eigenvalue weighted by molar-refractivity contribution is 5.77. The summed E-state index contributed by atoms with van der Waals surface area (Å²) in [5.41, 5.74) is 0.795. The molecule has 0 aromatic carbocycles. The molecule has 1 aliphatic rings. The number of carbonyl (C=O) groups excluding carboxylic acids is 1. The van der Waals surface area contributed by atoms with Gasteiger partial charge >= 0.3 is 0 Å². The van der Waals surface area contributed by atoms with Gasteiger partial charge in [0.05, 0.1) is 12.5 Å². The zero-order chi connectivity index (χ0) is 14.8. The Hall–Kier alpha value is -2.18. The van der Waals surface area contributed by atoms with Crippen LogP contribution in [0.3, 0.4) is 0 Å². The van der Waals surface area contributed by atoms with Crippen molar-refractivity contribution in [1.82, 2.24) is 24.6 Å². The molecule has 112 valence electrons. The molecule has 1 amide bonds. The fourth-order valence-corrected chi connectivity index (χ4v) is 2.86. The highest BCUT2D eigenvalue weighted by atomic mass is 16.2. The maximum absolute atomic E-state index is 12.4. The summed E-state index contributed by atoms with van der Waals surface area (Å²) in [5, 5.41) is 7.09. The van der Waals surface area contributed by atoms with Crippen LogP contribution in [0, 0.1) is 0 Å². The number of rotatable bonds is 4. The number of nitrogens with one attached hydrogen (secondary N) is 1. The van der Waals surface area contributed by atoms with E-state index < -0.39 is 0 Å². The Balaban J connectivity index is 1.81. The number of fused-ring (bicyclic) bond motifs is 1. The Kier molecular flexibility index (Phi) is 3.72. The Labute approximate surface area is 122 Å². The lowest BCUT2D eigenvalue weighted by atomic mass is 10.2. The second kappa shape index (κ2) is 5.67. The number of nitrogens with zero attached hydrogens (tertiary/aromatic N) is 4. The lowest BCUT2D eigenvalue weighted by Gasteiger charge is -2.12. The molecule has 2 heterocycles. The molecule has 1 N–H and O–H groups in total. The van der Waals surface area contributed by atoms with Gasteiger partial charge in [0.15, 0.2) is 5.52 Å². The highest BCUT2D eigenvalue weighted by Crippen LogP contribution is 2.17. The van der Waals surface area contributed by atoms with Crippen LogP contribution >= 0.6 is 0 Å². The zero-order valence-electron chi connectivity index (χ0n) is 12.1. The van der Waals surface area contributed by atoms with E-state index in [-0.39, 0.29) is 24.1 Å². The topological polar surface area (TPSA) is 81.8 Å². The molecule has 2 aromatic heterocycles. The number of aromatic nitrogens is 4. The predicted octanol–water partition coefficient (Wildman–Crippen LogP) is 0.672. The van der Waals surface area contributed by atoms with E-state index in [9.17, 15) is 9.59 Å². The smallest absolute Gasteiger partial charge is 0.279 e. The summed E-state index contributed by atoms with van der Waals surface area (Å²) in [6.45, 7) is 2.52. The minimum absolute atomic E-state index is 0.00711. The molecule has 0 atom stereocenters. The van der Waals surface area contributed by atoms with Crippen LogP contribution in [0.2, 0.25) is 0 Å². The average molecular weight is 289 g/mol. The summed E-state index contributed by atoms with van der Waals surface area (Å²) >= 11 is 0. The van der Waals surface area contributed by atoms with Gasteiger partial charge in [-0.05, 0) is 19.8 Å². The van der Waals surface area contributed by atoms with Gasteiger partial charge in [0.25, 0.3) is 5.56 Å². The summed E-state index contributed by atoms with van der Waals surface area (Å²) in [6.07, 6.45) is 7.37. The second-order valence-corrected chi connectivity index (χ2v) is 5.42. The van der Waals surface area contributed by atoms with E-state index in [0.717, 1.165) is 25.7 Å². The summed E-state index contributed by atoms with van der Waals surface area (Å²) in [5.74, 6) is -0.132. The van der Waals surface area contributed by atoms with Gasteiger partial charge in [-0.25, -0.2) is 4.98 Å². The molecule has 7 heteroatoms. The van der Waals surface area contributed by atoms with E-state index in [0.29, 0.717) is 17.6 Å². The van der Waals surface area contributed by atoms with Crippen LogP contribution in [-0.2, 0) is 17.9 Å². The van der Waals surface area contributed by atoms with E-state index in [2.05, 4.69) is 15.4 Å². The average Bonchev–Trinajstić information content (AvgIpc) is 3.11. The normalized spacial score (nSPS) is 15.7. The molecule has 1 saturated carbocycles. The fourth-order valence-electron chi connectivity index (χ4n) is 2.86. The molecule has 0 unspecified atom stereocenters. The minimum Gasteiger partial charge on any atom is -0.352 e. The molecule has 0 saturated heterocycles. The molecule has 7 nitrogen and oxygen atoms in total. The first kappa shape index (κ1) is 13.8. The Morgan fingerprint density at radius 2 is 2.19 bits per heavy atom. The maximum Gasteiger partial charge on any atom is 0.279 e. The van der Waals surface area contributed by atoms with E-state index in [1.807, 2.05) is 6.92 Å². The van der Waals surface area contributed by atoms with Crippen LogP contribution in [-0.4, -0.2) is 31.3 Å². The molecule has 0 aliphatic heterocycles. The van der Waals surface area contributed by atoms with E-state index >= 15 is 0 Å². The summed E-state index contributed by atoms with van der Waals surface area (Å²) in [4.78, 5) is 28.6. The van der Waals surface area contributed by atoms with Crippen molar-refractivity contribution < 1.29 is 4.79 Å². The molecular formula is C14H19N5O2. The van der Waals surface area contributed by atoms with Crippen LogP contribution in [0.25, 0.3) is 11.0 Å². The van der Waals surface area contributed by atoms with Crippen LogP contribution in [0.1, 0.15) is 32.6 Å². The predicted molar refractivity (Wildman–Crippen MR) is 77.9 cm³/mol. The number of amides is 1. The summed E-state index contributed by atoms with van der Waals surface area (Å²) in [7, 11) is 0. The van der Waals surface area contributed by atoms with Crippen LogP contribution < -0.4 is 10.9 Å². The van der Waals surface area contributed by atoms with Crippen LogP contribution in [0.15, 0.2) is 17.3 Å². The number of hydrogen-bond acceptors (Lipinski definition) is 4. The quantitative estimate of drug-likeness (QED) is 0.897. The molecule has 21 heavy (non-hydrogen) atoms. The zero-order valence-corrected chi connectivity index (χ0v) is 12.1. The minimum atomic E-state index is -0.221. The van der Waals surface area contributed by atoms with Crippen molar-refractivity contribution >= 4 is 16.9 Å². The molecular weight excluding hydrogens is 270 g/mol. The maximum atomic E-state index is 12.4. The Morgan fingerprint density at radius 3 is 2.90 bits per heavy atom. The first-order valence-electron chi connectivity index (χ1n) is 7.39. The van der Waals surface area contributed by atoms with Gasteiger partial charge in [-0.3, -0.25) is 18.8 Å². The number of aryl methyl sites for hydroxylation is 1. The number of carbonyl (C=O) groups is 1. The Morgan fingerprint density at radius 1 is 1.43 bits per heavy atom. The Bertz CT molecular complexity index is 712. The molecule has 3 rings (SSSR count). The largest absolute Gasteiger partial charge is 0.352 e. The monoisotopic (exact) mass is 289 g/mol. The third kappa shape index (κ3) is 2.68. The SMILES string of the molecule is CCn1ncc2ncn(CC(=O)NC3CCCC3)c(=O)c21. The second-order valence-electron chi connectivity index (χ2n) is 5.42. The van der Waals surface area contributed by atoms with Crippen molar-refractivity contribution in [1.29, 1.82) is 0 Å². The van der Waals surface area contributed by atoms with Crippen molar-refractivity contribution in [3.05, 3.63) is 22.9 Å². The van der Waals surface area contributed by atoms with Crippen molar-refractivity contribution in [2.75, 3.05) is 0 Å². The fraction of sp³-hybridized carbons (Fsp3) is 0.571. The highest BCUT2D eigenvalue weighted by Gasteiger charge is 2.18. The lowest BCUT2D eigenvalue weighted by molar-refractivity contribution is -0.122. The van der Waals surface area contributed by atoms with Crippen molar-refractivity contribution in [2.45, 2.75) is 51.7 Å². The molecule has 0 radical (unpaired) electrons. The van der Waals surface area contributed by atoms with Gasteiger partial charge in [-0.1, -0.05) is 12.8 Å². The first-order valence-corrected chi connectivity index (χ1v) is 7.39. The van der Waals surface area contributed by atoms with E-state index in [4.69, 9.17) is 0 Å². The lowest BCUT2D eigenvalue weighted by Crippen LogP contribution is -2.37. The summed E-state index contributed by atoms with van der Waals surface area (Å²) < 4.78 is 2.95. The molecule has 0 spiro atoms. The third-order valence-corrected chi connectivity index (χ3v) is 3.95. The summed E-state index contributed by atoms with van der Waals surface area (Å²) in [6, 6.07) is 0.256. The number of hydrogen-bond donors (Lipinski definition) is 1. The van der Waals surface area contributed by atoms with Crippen molar-refractivity contribution in [2.24, 2.45) is 0 Å². The molecule has 0 bridgehead atoms. The van der Waals surface area contributed by atoms with Gasteiger partial charge in [-0.15, -0.1) is 0 Å². The molecule has 1 fully saturated rings. The van der Waals surface area contributed by atoms with Gasteiger partial charge in [0.1, 0.15) is 12.1 Å². The molecule has 2 aromatic rings. The van der Waals surface area contributed by atoms with Crippen molar-refractivity contribution in [3.8, 4) is 0 Å². The van der Waals surface area contributed by atoms with Crippen LogP contribution in [0.5, 0.6) is 0 Å². The van der Waals surface area contributed by atoms with Crippen molar-refractivity contribution in [3.63, 3.8) is 0 Å². The van der Waals surface area contributed by atoms with E-state index in [1.54, 1.807) is 10.9 Å². The molecule has 1 aliphatic carbocycles.